The van der Waals surface area contributed by atoms with Crippen LogP contribution >= 0.6 is 0 Å². The summed E-state index contributed by atoms with van der Waals surface area (Å²) in [5.41, 5.74) is 5.41. The minimum atomic E-state index is -0.00445. The summed E-state index contributed by atoms with van der Waals surface area (Å²) in [6.07, 6.45) is 2.16. The number of amidine groups is 1. The molecule has 0 aliphatic heterocycles. The molecular weight excluding hydrogens is 208 g/mol. The maximum atomic E-state index is 8.44. The molecule has 2 atom stereocenters. The van der Waals surface area contributed by atoms with E-state index in [1.807, 2.05) is 20.8 Å². The van der Waals surface area contributed by atoms with Crippen molar-refractivity contribution >= 4 is 5.84 Å². The molecule has 0 saturated carbocycles. The average molecular weight is 226 g/mol. The van der Waals surface area contributed by atoms with Gasteiger partial charge in [0.05, 0.1) is 12.2 Å². The van der Waals surface area contributed by atoms with Crippen molar-refractivity contribution in [3.8, 4) is 0 Å². The maximum absolute atomic E-state index is 8.44. The first-order valence-electron chi connectivity index (χ1n) is 5.17. The molecule has 90 valence electrons. The van der Waals surface area contributed by atoms with E-state index in [1.165, 1.54) is 0 Å². The van der Waals surface area contributed by atoms with Gasteiger partial charge in [-0.05, 0) is 20.8 Å². The molecule has 4 N–H and O–H groups in total. The van der Waals surface area contributed by atoms with Crippen LogP contribution in [0.3, 0.4) is 0 Å². The molecule has 0 fully saturated rings. The fraction of sp³-hybridized carbons (Fsp3) is 0.600. The Morgan fingerprint density at radius 2 is 2.38 bits per heavy atom. The minimum Gasteiger partial charge on any atom is -0.444 e. The van der Waals surface area contributed by atoms with Crippen LogP contribution in [0.25, 0.3) is 0 Å². The van der Waals surface area contributed by atoms with Crippen LogP contribution in [0.4, 0.5) is 0 Å². The predicted octanol–water partition coefficient (Wildman–Crippen LogP) is 1.16. The Labute approximate surface area is 94.5 Å². The van der Waals surface area contributed by atoms with E-state index in [2.05, 4.69) is 15.5 Å². The second-order valence-corrected chi connectivity index (χ2v) is 3.89. The first-order valence-corrected chi connectivity index (χ1v) is 5.17. The maximum Gasteiger partial charge on any atom is 0.211 e. The highest BCUT2D eigenvalue weighted by Gasteiger charge is 2.14. The lowest BCUT2D eigenvalue weighted by molar-refractivity contribution is 0.314. The van der Waals surface area contributed by atoms with E-state index in [0.29, 0.717) is 12.3 Å². The third-order valence-corrected chi connectivity index (χ3v) is 2.19. The number of oxime groups is 1. The molecule has 0 aromatic carbocycles. The van der Waals surface area contributed by atoms with E-state index < -0.39 is 0 Å². The van der Waals surface area contributed by atoms with Crippen LogP contribution in [0.2, 0.25) is 0 Å². The number of oxazole rings is 1. The zero-order valence-electron chi connectivity index (χ0n) is 9.77. The summed E-state index contributed by atoms with van der Waals surface area (Å²) in [7, 11) is 0. The quantitative estimate of drug-likeness (QED) is 0.303. The normalized spacial score (nSPS) is 16.1. The number of nitrogens with zero attached hydrogens (tertiary/aromatic N) is 2. The summed E-state index contributed by atoms with van der Waals surface area (Å²) >= 11 is 0. The van der Waals surface area contributed by atoms with Gasteiger partial charge < -0.3 is 20.7 Å². The third-order valence-electron chi connectivity index (χ3n) is 2.19. The summed E-state index contributed by atoms with van der Waals surface area (Å²) in [6.45, 7) is 5.75. The molecule has 0 aliphatic rings. The molecule has 0 radical (unpaired) electrons. The summed E-state index contributed by atoms with van der Waals surface area (Å²) < 4.78 is 5.39. The number of nitrogens with one attached hydrogen (secondary N) is 1. The lowest BCUT2D eigenvalue weighted by atomic mass is 10.2. The largest absolute Gasteiger partial charge is 0.444 e. The van der Waals surface area contributed by atoms with Crippen LogP contribution in [0.1, 0.15) is 38.0 Å². The van der Waals surface area contributed by atoms with E-state index in [4.69, 9.17) is 15.4 Å². The van der Waals surface area contributed by atoms with Crippen LogP contribution in [-0.4, -0.2) is 22.1 Å². The molecule has 0 saturated heterocycles. The summed E-state index contributed by atoms with van der Waals surface area (Å²) in [6, 6.07) is 0.0771. The standard InChI is InChI=1S/C10H18N4O2/c1-6(4-9(11)14-15)13-8(3)10-12-5-7(2)16-10/h5-6,8,13,15H,4H2,1-3H3,(H2,11,14). The molecule has 1 aromatic heterocycles. The number of hydrogen-bond acceptors (Lipinski definition) is 5. The fourth-order valence-electron chi connectivity index (χ4n) is 1.48. The van der Waals surface area contributed by atoms with E-state index >= 15 is 0 Å². The molecule has 0 aliphatic carbocycles. The molecule has 16 heavy (non-hydrogen) atoms. The fourth-order valence-corrected chi connectivity index (χ4v) is 1.48. The van der Waals surface area contributed by atoms with Crippen molar-refractivity contribution in [3.63, 3.8) is 0 Å². The number of nitrogens with two attached hydrogens (primary N) is 1. The summed E-state index contributed by atoms with van der Waals surface area (Å²) in [5, 5.41) is 14.6. The van der Waals surface area contributed by atoms with Crippen molar-refractivity contribution in [1.82, 2.24) is 10.3 Å². The molecule has 0 amide bonds. The van der Waals surface area contributed by atoms with E-state index in [1.54, 1.807) is 6.20 Å². The van der Waals surface area contributed by atoms with Gasteiger partial charge in [-0.15, -0.1) is 0 Å². The van der Waals surface area contributed by atoms with Crippen molar-refractivity contribution < 1.29 is 9.62 Å². The highest BCUT2D eigenvalue weighted by Crippen LogP contribution is 2.13. The van der Waals surface area contributed by atoms with Crippen LogP contribution in [0, 0.1) is 6.92 Å². The third kappa shape index (κ3) is 3.54. The summed E-state index contributed by atoms with van der Waals surface area (Å²) in [5.74, 6) is 1.63. The molecular formula is C10H18N4O2. The van der Waals surface area contributed by atoms with Crippen molar-refractivity contribution in [2.75, 3.05) is 0 Å². The molecule has 0 spiro atoms. The van der Waals surface area contributed by atoms with Gasteiger partial charge in [0.25, 0.3) is 0 Å². The van der Waals surface area contributed by atoms with Crippen LogP contribution in [0.15, 0.2) is 15.8 Å². The predicted molar refractivity (Wildman–Crippen MR) is 60.3 cm³/mol. The number of hydrogen-bond donors (Lipinski definition) is 3. The number of aromatic nitrogens is 1. The van der Waals surface area contributed by atoms with Crippen molar-refractivity contribution in [2.24, 2.45) is 10.9 Å². The highest BCUT2D eigenvalue weighted by molar-refractivity contribution is 5.80. The van der Waals surface area contributed by atoms with Crippen LogP contribution < -0.4 is 11.1 Å². The van der Waals surface area contributed by atoms with Crippen molar-refractivity contribution in [3.05, 3.63) is 17.8 Å². The Kier molecular flexibility index (Phi) is 4.30. The van der Waals surface area contributed by atoms with Crippen molar-refractivity contribution in [2.45, 2.75) is 39.3 Å². The average Bonchev–Trinajstić information content (AvgIpc) is 2.64. The smallest absolute Gasteiger partial charge is 0.211 e. The zero-order chi connectivity index (χ0) is 12.1. The van der Waals surface area contributed by atoms with E-state index in [0.717, 1.165) is 5.76 Å². The first kappa shape index (κ1) is 12.5. The number of rotatable bonds is 5. The van der Waals surface area contributed by atoms with Crippen LogP contribution in [0.5, 0.6) is 0 Å². The van der Waals surface area contributed by atoms with Gasteiger partial charge in [-0.25, -0.2) is 4.98 Å². The molecule has 1 aromatic rings. The van der Waals surface area contributed by atoms with Gasteiger partial charge >= 0.3 is 0 Å². The lowest BCUT2D eigenvalue weighted by Crippen LogP contribution is -2.33. The Morgan fingerprint density at radius 3 is 2.88 bits per heavy atom. The highest BCUT2D eigenvalue weighted by atomic mass is 16.4. The monoisotopic (exact) mass is 226 g/mol. The van der Waals surface area contributed by atoms with Crippen LogP contribution in [-0.2, 0) is 0 Å². The SMILES string of the molecule is Cc1cnc(C(C)NC(C)C/C(N)=N/O)o1. The van der Waals surface area contributed by atoms with Gasteiger partial charge in [0, 0.05) is 12.5 Å². The first-order chi connectivity index (χ1) is 7.52. The minimum absolute atomic E-state index is 0.00445. The Bertz CT molecular complexity index is 361. The van der Waals surface area contributed by atoms with Gasteiger partial charge in [0.2, 0.25) is 5.89 Å². The van der Waals surface area contributed by atoms with Gasteiger partial charge in [-0.3, -0.25) is 0 Å². The molecule has 6 nitrogen and oxygen atoms in total. The Balaban J connectivity index is 2.48. The Hall–Kier alpha value is -1.56. The second kappa shape index (κ2) is 5.50. The topological polar surface area (TPSA) is 96.7 Å². The molecule has 6 heteroatoms. The van der Waals surface area contributed by atoms with E-state index in [9.17, 15) is 0 Å². The van der Waals surface area contributed by atoms with Crippen molar-refractivity contribution in [1.29, 1.82) is 0 Å². The molecule has 2 unspecified atom stereocenters. The van der Waals surface area contributed by atoms with Gasteiger partial charge in [-0.2, -0.15) is 0 Å². The molecule has 0 bridgehead atoms. The Morgan fingerprint density at radius 1 is 1.69 bits per heavy atom. The molecule has 1 rings (SSSR count). The van der Waals surface area contributed by atoms with Gasteiger partial charge in [-0.1, -0.05) is 5.16 Å². The molecule has 1 heterocycles. The summed E-state index contributed by atoms with van der Waals surface area (Å²) in [4.78, 5) is 4.13. The van der Waals surface area contributed by atoms with Gasteiger partial charge in [0.1, 0.15) is 11.6 Å². The van der Waals surface area contributed by atoms with Gasteiger partial charge in [0.15, 0.2) is 0 Å². The zero-order valence-corrected chi connectivity index (χ0v) is 9.77. The lowest BCUT2D eigenvalue weighted by Gasteiger charge is -2.16. The van der Waals surface area contributed by atoms with E-state index in [-0.39, 0.29) is 17.9 Å². The number of aryl methyl sites for hydroxylation is 1. The second-order valence-electron chi connectivity index (χ2n) is 3.89.